The molecular formula is C20H28N4OS. The van der Waals surface area contributed by atoms with Crippen LogP contribution in [-0.4, -0.2) is 25.9 Å². The van der Waals surface area contributed by atoms with Gasteiger partial charge in [0.15, 0.2) is 5.16 Å². The highest BCUT2D eigenvalue weighted by Crippen LogP contribution is 2.40. The summed E-state index contributed by atoms with van der Waals surface area (Å²) in [6, 6.07) is 10.3. The van der Waals surface area contributed by atoms with Crippen LogP contribution in [0.4, 0.5) is 0 Å². The lowest BCUT2D eigenvalue weighted by atomic mass is 10.0. The molecule has 2 aromatic rings. The van der Waals surface area contributed by atoms with Crippen LogP contribution in [0.5, 0.6) is 0 Å². The summed E-state index contributed by atoms with van der Waals surface area (Å²) in [6.45, 7) is 7.04. The average Bonchev–Trinajstić information content (AvgIpc) is 3.43. The monoisotopic (exact) mass is 372 g/mol. The van der Waals surface area contributed by atoms with Crippen molar-refractivity contribution in [3.8, 4) is 0 Å². The van der Waals surface area contributed by atoms with E-state index in [9.17, 15) is 4.79 Å². The van der Waals surface area contributed by atoms with E-state index in [0.717, 1.165) is 35.9 Å². The van der Waals surface area contributed by atoms with Crippen molar-refractivity contribution in [2.75, 3.05) is 0 Å². The van der Waals surface area contributed by atoms with Gasteiger partial charge in [0.05, 0.1) is 11.3 Å². The largest absolute Gasteiger partial charge is 0.348 e. The van der Waals surface area contributed by atoms with Gasteiger partial charge in [-0.05, 0) is 38.7 Å². The van der Waals surface area contributed by atoms with Gasteiger partial charge in [-0.15, -0.1) is 10.2 Å². The van der Waals surface area contributed by atoms with Crippen LogP contribution in [0.1, 0.15) is 69.8 Å². The fraction of sp³-hybridized carbons (Fsp3) is 0.550. The average molecular weight is 373 g/mol. The number of nitrogens with zero attached hydrogens (tertiary/aromatic N) is 3. The van der Waals surface area contributed by atoms with E-state index in [1.54, 1.807) is 0 Å². The van der Waals surface area contributed by atoms with E-state index in [2.05, 4.69) is 46.1 Å². The fourth-order valence-electron chi connectivity index (χ4n) is 3.12. The lowest BCUT2D eigenvalue weighted by Crippen LogP contribution is -2.34. The molecule has 0 unspecified atom stereocenters. The molecule has 0 spiro atoms. The fourth-order valence-corrected chi connectivity index (χ4v) is 4.05. The van der Waals surface area contributed by atoms with Crippen LogP contribution in [0, 0.1) is 0 Å². The predicted molar refractivity (Wildman–Crippen MR) is 105 cm³/mol. The number of thioether (sulfide) groups is 1. The van der Waals surface area contributed by atoms with Gasteiger partial charge in [-0.25, -0.2) is 0 Å². The second-order valence-electron chi connectivity index (χ2n) is 6.88. The number of aromatic nitrogens is 3. The standard InChI is InChI=1S/C20H28N4OS/c1-4-9-17(15-10-7-6-8-11-15)21-19(25)14(3)26-20-23-22-18(16-12-13-16)24(20)5-2/h6-8,10-11,14,16-17H,4-5,9,12-13H2,1-3H3,(H,21,25)/t14-,17-/m1/s1. The summed E-state index contributed by atoms with van der Waals surface area (Å²) >= 11 is 1.50. The molecule has 1 amide bonds. The first-order valence-electron chi connectivity index (χ1n) is 9.59. The van der Waals surface area contributed by atoms with Crippen LogP contribution in [0.2, 0.25) is 0 Å². The number of amides is 1. The normalized spacial score (nSPS) is 16.3. The molecule has 0 saturated heterocycles. The molecule has 1 fully saturated rings. The van der Waals surface area contributed by atoms with Crippen LogP contribution < -0.4 is 5.32 Å². The summed E-state index contributed by atoms with van der Waals surface area (Å²) in [6.07, 6.45) is 4.36. The molecule has 0 bridgehead atoms. The maximum atomic E-state index is 12.8. The first-order chi connectivity index (χ1) is 12.6. The number of rotatable bonds is 9. The number of benzene rings is 1. The van der Waals surface area contributed by atoms with Gasteiger partial charge >= 0.3 is 0 Å². The third-order valence-corrected chi connectivity index (χ3v) is 5.83. The highest BCUT2D eigenvalue weighted by Gasteiger charge is 2.31. The predicted octanol–water partition coefficient (Wildman–Crippen LogP) is 4.31. The maximum Gasteiger partial charge on any atom is 0.233 e. The lowest BCUT2D eigenvalue weighted by molar-refractivity contribution is -0.121. The molecule has 1 aromatic heterocycles. The third kappa shape index (κ3) is 4.47. The molecule has 1 aliphatic rings. The van der Waals surface area contributed by atoms with E-state index in [-0.39, 0.29) is 17.2 Å². The third-order valence-electron chi connectivity index (χ3n) is 4.75. The first kappa shape index (κ1) is 19.0. The molecule has 6 heteroatoms. The number of carbonyl (C=O) groups excluding carboxylic acids is 1. The minimum absolute atomic E-state index is 0.0518. The van der Waals surface area contributed by atoms with Gasteiger partial charge in [0, 0.05) is 12.5 Å². The summed E-state index contributed by atoms with van der Waals surface area (Å²) in [7, 11) is 0. The second kappa shape index (κ2) is 8.71. The summed E-state index contributed by atoms with van der Waals surface area (Å²) in [5, 5.41) is 12.6. The van der Waals surface area contributed by atoms with Gasteiger partial charge in [0.2, 0.25) is 5.91 Å². The smallest absolute Gasteiger partial charge is 0.233 e. The lowest BCUT2D eigenvalue weighted by Gasteiger charge is -2.21. The molecule has 1 aliphatic carbocycles. The summed E-state index contributed by atoms with van der Waals surface area (Å²) < 4.78 is 2.16. The molecule has 1 aromatic carbocycles. The molecule has 1 heterocycles. The summed E-state index contributed by atoms with van der Waals surface area (Å²) in [4.78, 5) is 12.8. The molecule has 26 heavy (non-hydrogen) atoms. The summed E-state index contributed by atoms with van der Waals surface area (Å²) in [5.41, 5.74) is 1.16. The second-order valence-corrected chi connectivity index (χ2v) is 8.19. The van der Waals surface area contributed by atoms with Gasteiger partial charge in [-0.2, -0.15) is 0 Å². The van der Waals surface area contributed by atoms with E-state index < -0.39 is 0 Å². The van der Waals surface area contributed by atoms with Crippen molar-refractivity contribution in [2.24, 2.45) is 0 Å². The quantitative estimate of drug-likeness (QED) is 0.666. The topological polar surface area (TPSA) is 59.8 Å². The zero-order valence-electron chi connectivity index (χ0n) is 15.8. The minimum atomic E-state index is -0.209. The van der Waals surface area contributed by atoms with E-state index in [4.69, 9.17) is 0 Å². The van der Waals surface area contributed by atoms with Crippen molar-refractivity contribution in [2.45, 2.75) is 75.4 Å². The van der Waals surface area contributed by atoms with Crippen LogP contribution in [-0.2, 0) is 11.3 Å². The van der Waals surface area contributed by atoms with Gasteiger partial charge in [0.1, 0.15) is 5.82 Å². The Kier molecular flexibility index (Phi) is 6.35. The highest BCUT2D eigenvalue weighted by atomic mass is 32.2. The van der Waals surface area contributed by atoms with Crippen LogP contribution in [0.3, 0.4) is 0 Å². The van der Waals surface area contributed by atoms with E-state index in [1.165, 1.54) is 24.6 Å². The Labute approximate surface area is 160 Å². The van der Waals surface area contributed by atoms with Crippen LogP contribution in [0.25, 0.3) is 0 Å². The molecule has 3 rings (SSSR count). The Morgan fingerprint density at radius 3 is 2.62 bits per heavy atom. The van der Waals surface area contributed by atoms with Gasteiger partial charge in [0.25, 0.3) is 0 Å². The van der Waals surface area contributed by atoms with Gasteiger partial charge in [-0.3, -0.25) is 4.79 Å². The molecular weight excluding hydrogens is 344 g/mol. The van der Waals surface area contributed by atoms with Gasteiger partial charge in [-0.1, -0.05) is 55.4 Å². The van der Waals surface area contributed by atoms with Crippen molar-refractivity contribution in [1.29, 1.82) is 0 Å². The maximum absolute atomic E-state index is 12.8. The van der Waals surface area contributed by atoms with E-state index in [1.807, 2.05) is 25.1 Å². The number of carbonyl (C=O) groups is 1. The van der Waals surface area contributed by atoms with Gasteiger partial charge < -0.3 is 9.88 Å². The van der Waals surface area contributed by atoms with Crippen molar-refractivity contribution in [3.05, 3.63) is 41.7 Å². The molecule has 5 nitrogen and oxygen atoms in total. The van der Waals surface area contributed by atoms with Crippen LogP contribution in [0.15, 0.2) is 35.5 Å². The number of hydrogen-bond acceptors (Lipinski definition) is 4. The number of hydrogen-bond donors (Lipinski definition) is 1. The van der Waals surface area contributed by atoms with Crippen molar-refractivity contribution in [1.82, 2.24) is 20.1 Å². The Hall–Kier alpha value is -1.82. The van der Waals surface area contributed by atoms with Crippen molar-refractivity contribution >= 4 is 17.7 Å². The first-order valence-corrected chi connectivity index (χ1v) is 10.5. The molecule has 0 aliphatic heterocycles. The molecule has 2 atom stereocenters. The van der Waals surface area contributed by atoms with E-state index >= 15 is 0 Å². The van der Waals surface area contributed by atoms with E-state index in [0.29, 0.717) is 5.92 Å². The summed E-state index contributed by atoms with van der Waals surface area (Å²) in [5.74, 6) is 1.69. The molecule has 140 valence electrons. The zero-order valence-corrected chi connectivity index (χ0v) is 16.6. The van der Waals surface area contributed by atoms with Crippen molar-refractivity contribution in [3.63, 3.8) is 0 Å². The SMILES string of the molecule is CCC[C@@H](NC(=O)[C@@H](C)Sc1nnc(C2CC2)n1CC)c1ccccc1. The molecule has 1 N–H and O–H groups in total. The Morgan fingerprint density at radius 1 is 1.27 bits per heavy atom. The number of nitrogens with one attached hydrogen (secondary N) is 1. The Bertz CT molecular complexity index is 727. The minimum Gasteiger partial charge on any atom is -0.348 e. The van der Waals surface area contributed by atoms with Crippen molar-refractivity contribution < 1.29 is 4.79 Å². The van der Waals surface area contributed by atoms with Crippen LogP contribution >= 0.6 is 11.8 Å². The Morgan fingerprint density at radius 2 is 2.00 bits per heavy atom. The Balaban J connectivity index is 1.65. The molecule has 0 radical (unpaired) electrons. The molecule has 1 saturated carbocycles. The zero-order chi connectivity index (χ0) is 18.5. The highest BCUT2D eigenvalue weighted by molar-refractivity contribution is 8.00.